The lowest BCUT2D eigenvalue weighted by atomic mass is 9.97. The molecule has 0 aliphatic heterocycles. The minimum Gasteiger partial charge on any atom is -0.502 e. The molecule has 2 unspecified atom stereocenters. The van der Waals surface area contributed by atoms with Crippen LogP contribution < -0.4 is 20.5 Å². The van der Waals surface area contributed by atoms with E-state index in [2.05, 4.69) is 5.32 Å². The third-order valence-corrected chi connectivity index (χ3v) is 5.91. The summed E-state index contributed by atoms with van der Waals surface area (Å²) in [6.45, 7) is 2.23. The lowest BCUT2D eigenvalue weighted by molar-refractivity contribution is 0.154. The molecule has 34 heavy (non-hydrogen) atoms. The highest BCUT2D eigenvalue weighted by molar-refractivity contribution is 6.06. The summed E-state index contributed by atoms with van der Waals surface area (Å²) >= 11 is 0. The number of benzene rings is 2. The van der Waals surface area contributed by atoms with Crippen molar-refractivity contribution in [3.8, 4) is 17.2 Å². The van der Waals surface area contributed by atoms with Crippen LogP contribution in [0.2, 0.25) is 0 Å². The van der Waals surface area contributed by atoms with Gasteiger partial charge in [-0.05, 0) is 82.8 Å². The van der Waals surface area contributed by atoms with Gasteiger partial charge in [0.1, 0.15) is 17.8 Å². The van der Waals surface area contributed by atoms with E-state index in [9.17, 15) is 14.6 Å². The van der Waals surface area contributed by atoms with Crippen molar-refractivity contribution in [2.24, 2.45) is 5.73 Å². The second-order valence-electron chi connectivity index (χ2n) is 7.99. The van der Waals surface area contributed by atoms with E-state index in [1.54, 1.807) is 30.5 Å². The fourth-order valence-electron chi connectivity index (χ4n) is 4.29. The molecule has 2 atom stereocenters. The number of furan rings is 1. The van der Waals surface area contributed by atoms with Crippen LogP contribution in [-0.4, -0.2) is 36.7 Å². The minimum absolute atomic E-state index is 0.0950. The number of hydrogen-bond acceptors (Lipinski definition) is 7. The summed E-state index contributed by atoms with van der Waals surface area (Å²) in [5.74, 6) is 0.721. The van der Waals surface area contributed by atoms with Crippen molar-refractivity contribution in [2.75, 3.05) is 14.2 Å². The Labute approximate surface area is 196 Å². The van der Waals surface area contributed by atoms with Gasteiger partial charge in [0.05, 0.1) is 33.1 Å². The van der Waals surface area contributed by atoms with Gasteiger partial charge >= 0.3 is 0 Å². The van der Waals surface area contributed by atoms with Gasteiger partial charge in [0.15, 0.2) is 11.5 Å². The largest absolute Gasteiger partial charge is 0.502 e. The molecule has 0 spiro atoms. The summed E-state index contributed by atoms with van der Waals surface area (Å²) in [4.78, 5) is 0. The van der Waals surface area contributed by atoms with Crippen molar-refractivity contribution in [1.29, 1.82) is 0 Å². The quantitative estimate of drug-likeness (QED) is 0.373. The molecule has 1 aromatic heterocycles. The Morgan fingerprint density at radius 3 is 2.41 bits per heavy atom. The van der Waals surface area contributed by atoms with Gasteiger partial charge in [-0.3, -0.25) is 5.32 Å². The summed E-state index contributed by atoms with van der Waals surface area (Å²) in [5.41, 5.74) is 10.5. The molecule has 0 radical (unpaired) electrons. The molecule has 1 aliphatic carbocycles. The molecule has 178 valence electrons. The lowest BCUT2D eigenvalue weighted by Gasteiger charge is -2.24. The summed E-state index contributed by atoms with van der Waals surface area (Å²) < 4.78 is 30.2. The molecule has 0 bridgehead atoms. The molecule has 1 heterocycles. The molecule has 4 rings (SSSR count). The molecular formula is C26H27FN2O5. The number of allylic oxidation sites excluding steroid dienone is 2. The number of rotatable bonds is 8. The Morgan fingerprint density at radius 2 is 1.82 bits per heavy atom. The molecular weight excluding hydrogens is 439 g/mol. The SMILES string of the molecule is COc1cc(/C=C2/C(C)=C(C(NCc3ccco3)C(N)O)c3cc(F)ccc32)cc(OC)c1O. The Balaban J connectivity index is 1.83. The molecule has 5 N–H and O–H groups in total. The van der Waals surface area contributed by atoms with Gasteiger partial charge in [0, 0.05) is 0 Å². The van der Waals surface area contributed by atoms with E-state index < -0.39 is 18.1 Å². The van der Waals surface area contributed by atoms with Gasteiger partial charge in [0.25, 0.3) is 0 Å². The highest BCUT2D eigenvalue weighted by atomic mass is 19.1. The fraction of sp³-hybridized carbons (Fsp3) is 0.231. The van der Waals surface area contributed by atoms with Crippen LogP contribution in [-0.2, 0) is 6.54 Å². The van der Waals surface area contributed by atoms with Crippen molar-refractivity contribution in [1.82, 2.24) is 5.32 Å². The van der Waals surface area contributed by atoms with E-state index in [1.807, 2.05) is 19.1 Å². The Kier molecular flexibility index (Phi) is 6.74. The van der Waals surface area contributed by atoms with Gasteiger partial charge in [-0.2, -0.15) is 0 Å². The maximum Gasteiger partial charge on any atom is 0.200 e. The average Bonchev–Trinajstić information content (AvgIpc) is 3.42. The zero-order chi connectivity index (χ0) is 24.4. The monoisotopic (exact) mass is 466 g/mol. The number of aliphatic hydroxyl groups is 1. The number of methoxy groups -OCH3 is 2. The van der Waals surface area contributed by atoms with Crippen LogP contribution >= 0.6 is 0 Å². The number of hydrogen-bond donors (Lipinski definition) is 4. The van der Waals surface area contributed by atoms with Crippen molar-refractivity contribution in [3.05, 3.63) is 82.6 Å². The summed E-state index contributed by atoms with van der Waals surface area (Å²) in [7, 11) is 2.92. The van der Waals surface area contributed by atoms with Crippen molar-refractivity contribution in [3.63, 3.8) is 0 Å². The highest BCUT2D eigenvalue weighted by Gasteiger charge is 2.32. The van der Waals surface area contributed by atoms with Crippen molar-refractivity contribution < 1.29 is 28.5 Å². The minimum atomic E-state index is -1.25. The normalized spacial score (nSPS) is 16.0. The van der Waals surface area contributed by atoms with Crippen molar-refractivity contribution >= 4 is 17.2 Å². The number of fused-ring (bicyclic) bond motifs is 1. The number of aromatic hydroxyl groups is 1. The molecule has 1 aliphatic rings. The molecule has 0 amide bonds. The smallest absolute Gasteiger partial charge is 0.200 e. The zero-order valence-electron chi connectivity index (χ0n) is 19.1. The fourth-order valence-corrected chi connectivity index (χ4v) is 4.29. The molecule has 3 aromatic rings. The first-order valence-corrected chi connectivity index (χ1v) is 10.7. The lowest BCUT2D eigenvalue weighted by Crippen LogP contribution is -2.45. The standard InChI is InChI=1S/C26H27FN2O5/c1-14-19(9-15-10-21(32-2)25(30)22(11-15)33-3)18-7-6-16(27)12-20(18)23(14)24(26(28)31)29-13-17-5-4-8-34-17/h4-12,24,26,29-31H,13,28H2,1-3H3/b19-9-. The van der Waals surface area contributed by atoms with Crippen molar-refractivity contribution in [2.45, 2.75) is 25.7 Å². The van der Waals surface area contributed by atoms with Crippen LogP contribution in [0.25, 0.3) is 17.2 Å². The predicted molar refractivity (Wildman–Crippen MR) is 128 cm³/mol. The Morgan fingerprint density at radius 1 is 1.12 bits per heavy atom. The number of nitrogens with one attached hydrogen (secondary N) is 1. The van der Waals surface area contributed by atoms with Crippen LogP contribution in [0.5, 0.6) is 17.2 Å². The molecule has 0 saturated carbocycles. The van der Waals surface area contributed by atoms with E-state index in [0.29, 0.717) is 29.0 Å². The summed E-state index contributed by atoms with van der Waals surface area (Å²) in [5, 5.41) is 23.9. The average molecular weight is 467 g/mol. The summed E-state index contributed by atoms with van der Waals surface area (Å²) in [6.07, 6.45) is 2.22. The predicted octanol–water partition coefficient (Wildman–Crippen LogP) is 3.90. The molecule has 8 heteroatoms. The van der Waals surface area contributed by atoms with E-state index in [0.717, 1.165) is 16.7 Å². The number of nitrogens with two attached hydrogens (primary N) is 1. The van der Waals surface area contributed by atoms with Gasteiger partial charge in [-0.25, -0.2) is 4.39 Å². The first kappa shape index (κ1) is 23.6. The zero-order valence-corrected chi connectivity index (χ0v) is 19.1. The van der Waals surface area contributed by atoms with Crippen LogP contribution in [0.15, 0.2) is 58.7 Å². The molecule has 0 saturated heterocycles. The molecule has 0 fully saturated rings. The van der Waals surface area contributed by atoms with E-state index in [1.165, 1.54) is 26.4 Å². The van der Waals surface area contributed by atoms with Gasteiger partial charge < -0.3 is 29.8 Å². The Hall–Kier alpha value is -3.59. The van der Waals surface area contributed by atoms with Crippen LogP contribution in [0.4, 0.5) is 4.39 Å². The maximum atomic E-state index is 14.3. The van der Waals surface area contributed by atoms with Gasteiger partial charge in [-0.15, -0.1) is 0 Å². The topological polar surface area (TPSA) is 110 Å². The number of ether oxygens (including phenoxy) is 2. The number of phenols is 1. The third kappa shape index (κ3) is 4.43. The van der Waals surface area contributed by atoms with Gasteiger partial charge in [-0.1, -0.05) is 6.07 Å². The van der Waals surface area contributed by atoms with Gasteiger partial charge in [0.2, 0.25) is 5.75 Å². The molecule has 2 aromatic carbocycles. The van der Waals surface area contributed by atoms with Crippen LogP contribution in [0.1, 0.15) is 29.4 Å². The first-order valence-electron chi connectivity index (χ1n) is 10.7. The third-order valence-electron chi connectivity index (χ3n) is 5.91. The molecule has 7 nitrogen and oxygen atoms in total. The van der Waals surface area contributed by atoms with E-state index in [4.69, 9.17) is 19.6 Å². The second kappa shape index (κ2) is 9.72. The van der Waals surface area contributed by atoms with E-state index >= 15 is 0 Å². The highest BCUT2D eigenvalue weighted by Crippen LogP contribution is 2.45. The summed E-state index contributed by atoms with van der Waals surface area (Å²) in [6, 6.07) is 10.8. The first-order chi connectivity index (χ1) is 16.3. The number of phenolic OH excluding ortho intramolecular Hbond substituents is 1. The van der Waals surface area contributed by atoms with Crippen LogP contribution in [0.3, 0.4) is 0 Å². The number of halogens is 1. The Bertz CT molecular complexity index is 1220. The second-order valence-corrected chi connectivity index (χ2v) is 7.99. The van der Waals surface area contributed by atoms with E-state index in [-0.39, 0.29) is 17.2 Å². The maximum absolute atomic E-state index is 14.3. The van der Waals surface area contributed by atoms with Crippen LogP contribution in [0, 0.1) is 5.82 Å². The number of aliphatic hydroxyl groups excluding tert-OH is 1.